The molecule has 0 radical (unpaired) electrons. The SMILES string of the molecule is O=C(C=CSc1nc2cc(Cl)ccc2s1)c1ccc(I)cc1. The van der Waals surface area contributed by atoms with Gasteiger partial charge in [0.25, 0.3) is 0 Å². The van der Waals surface area contributed by atoms with E-state index < -0.39 is 0 Å². The quantitative estimate of drug-likeness (QED) is 0.207. The summed E-state index contributed by atoms with van der Waals surface area (Å²) in [6.07, 6.45) is 1.58. The Morgan fingerprint density at radius 1 is 1.23 bits per heavy atom. The highest BCUT2D eigenvalue weighted by Gasteiger charge is 2.05. The summed E-state index contributed by atoms with van der Waals surface area (Å²) in [6, 6.07) is 13.2. The molecule has 110 valence electrons. The molecule has 1 aromatic heterocycles. The lowest BCUT2D eigenvalue weighted by molar-refractivity contribution is 0.104. The number of hydrogen-bond donors (Lipinski definition) is 0. The fourth-order valence-corrected chi connectivity index (χ4v) is 4.09. The van der Waals surface area contributed by atoms with E-state index in [-0.39, 0.29) is 5.78 Å². The van der Waals surface area contributed by atoms with Crippen molar-refractivity contribution in [3.05, 3.63) is 68.1 Å². The van der Waals surface area contributed by atoms with Crippen molar-refractivity contribution in [2.75, 3.05) is 0 Å². The third-order valence-electron chi connectivity index (χ3n) is 2.85. The Balaban J connectivity index is 1.70. The fourth-order valence-electron chi connectivity index (χ4n) is 1.79. The summed E-state index contributed by atoms with van der Waals surface area (Å²) < 4.78 is 3.09. The van der Waals surface area contributed by atoms with Gasteiger partial charge in [-0.1, -0.05) is 35.5 Å². The van der Waals surface area contributed by atoms with Crippen LogP contribution in [0.2, 0.25) is 5.02 Å². The molecule has 22 heavy (non-hydrogen) atoms. The van der Waals surface area contributed by atoms with E-state index in [0.29, 0.717) is 10.6 Å². The molecule has 2 nitrogen and oxygen atoms in total. The first kappa shape index (κ1) is 16.0. The second-order valence-corrected chi connectivity index (χ2v) is 8.25. The number of thioether (sulfide) groups is 1. The molecule has 0 aliphatic carbocycles. The number of benzene rings is 2. The van der Waals surface area contributed by atoms with Crippen LogP contribution in [0.3, 0.4) is 0 Å². The number of carbonyl (C=O) groups is 1. The van der Waals surface area contributed by atoms with Crippen LogP contribution in [-0.2, 0) is 0 Å². The Morgan fingerprint density at radius 3 is 2.77 bits per heavy atom. The molecule has 0 aliphatic rings. The van der Waals surface area contributed by atoms with Gasteiger partial charge in [-0.05, 0) is 64.4 Å². The first-order valence-electron chi connectivity index (χ1n) is 6.31. The number of carbonyl (C=O) groups excluding carboxylic acids is 1. The fraction of sp³-hybridized carbons (Fsp3) is 0. The number of ketones is 1. The third-order valence-corrected chi connectivity index (χ3v) is 5.74. The van der Waals surface area contributed by atoms with E-state index in [0.717, 1.165) is 18.1 Å². The van der Waals surface area contributed by atoms with Gasteiger partial charge in [-0.2, -0.15) is 0 Å². The molecule has 0 saturated carbocycles. The lowest BCUT2D eigenvalue weighted by atomic mass is 10.1. The van der Waals surface area contributed by atoms with E-state index in [1.54, 1.807) is 22.8 Å². The molecule has 6 heteroatoms. The van der Waals surface area contributed by atoms with E-state index in [4.69, 9.17) is 11.6 Å². The average molecular weight is 458 g/mol. The summed E-state index contributed by atoms with van der Waals surface area (Å²) in [7, 11) is 0. The molecule has 0 amide bonds. The minimum absolute atomic E-state index is 0.00643. The molecule has 3 rings (SSSR count). The smallest absolute Gasteiger partial charge is 0.186 e. The van der Waals surface area contributed by atoms with Crippen molar-refractivity contribution in [3.63, 3.8) is 0 Å². The summed E-state index contributed by atoms with van der Waals surface area (Å²) >= 11 is 11.2. The summed E-state index contributed by atoms with van der Waals surface area (Å²) in [5, 5.41) is 2.46. The van der Waals surface area contributed by atoms with E-state index in [1.165, 1.54) is 11.8 Å². The number of rotatable bonds is 4. The maximum absolute atomic E-state index is 12.0. The summed E-state index contributed by atoms with van der Waals surface area (Å²) in [5.74, 6) is -0.00643. The van der Waals surface area contributed by atoms with Gasteiger partial charge in [-0.15, -0.1) is 11.3 Å². The predicted octanol–water partition coefficient (Wildman–Crippen LogP) is 6.04. The van der Waals surface area contributed by atoms with Crippen molar-refractivity contribution in [2.45, 2.75) is 4.34 Å². The monoisotopic (exact) mass is 457 g/mol. The molecular weight excluding hydrogens is 449 g/mol. The van der Waals surface area contributed by atoms with Crippen molar-refractivity contribution in [2.24, 2.45) is 0 Å². The second kappa shape index (κ2) is 7.12. The largest absolute Gasteiger partial charge is 0.289 e. The van der Waals surface area contributed by atoms with Gasteiger partial charge < -0.3 is 0 Å². The van der Waals surface area contributed by atoms with Crippen LogP contribution in [-0.4, -0.2) is 10.8 Å². The third kappa shape index (κ3) is 3.90. The number of thiazole rings is 1. The van der Waals surface area contributed by atoms with Gasteiger partial charge in [-0.25, -0.2) is 4.98 Å². The zero-order chi connectivity index (χ0) is 15.5. The highest BCUT2D eigenvalue weighted by Crippen LogP contribution is 2.31. The zero-order valence-corrected chi connectivity index (χ0v) is 15.7. The number of aromatic nitrogens is 1. The molecule has 0 spiro atoms. The Bertz CT molecular complexity index is 858. The van der Waals surface area contributed by atoms with E-state index >= 15 is 0 Å². The molecule has 1 heterocycles. The minimum Gasteiger partial charge on any atom is -0.289 e. The number of halogens is 2. The number of allylic oxidation sites excluding steroid dienone is 1. The molecule has 0 unspecified atom stereocenters. The average Bonchev–Trinajstić information content (AvgIpc) is 2.89. The van der Waals surface area contributed by atoms with Crippen molar-refractivity contribution in [1.82, 2.24) is 4.98 Å². The normalized spacial score (nSPS) is 11.4. The van der Waals surface area contributed by atoms with Crippen LogP contribution in [0.5, 0.6) is 0 Å². The maximum atomic E-state index is 12.0. The van der Waals surface area contributed by atoms with Gasteiger partial charge in [-0.3, -0.25) is 4.79 Å². The second-order valence-electron chi connectivity index (χ2n) is 4.38. The molecule has 0 bridgehead atoms. The Morgan fingerprint density at radius 2 is 2.00 bits per heavy atom. The van der Waals surface area contributed by atoms with Crippen molar-refractivity contribution < 1.29 is 4.79 Å². The van der Waals surface area contributed by atoms with Crippen LogP contribution in [0, 0.1) is 3.57 Å². The number of hydrogen-bond acceptors (Lipinski definition) is 4. The topological polar surface area (TPSA) is 30.0 Å². The first-order chi connectivity index (χ1) is 10.6. The van der Waals surface area contributed by atoms with Crippen LogP contribution in [0.25, 0.3) is 10.2 Å². The highest BCUT2D eigenvalue weighted by atomic mass is 127. The van der Waals surface area contributed by atoms with E-state index in [1.807, 2.05) is 42.5 Å². The Kier molecular flexibility index (Phi) is 5.18. The van der Waals surface area contributed by atoms with E-state index in [2.05, 4.69) is 27.6 Å². The molecular formula is C16H9ClINOS2. The van der Waals surface area contributed by atoms with Crippen LogP contribution in [0.1, 0.15) is 10.4 Å². The van der Waals surface area contributed by atoms with Gasteiger partial charge >= 0.3 is 0 Å². The van der Waals surface area contributed by atoms with Crippen LogP contribution in [0.4, 0.5) is 0 Å². The van der Waals surface area contributed by atoms with Crippen LogP contribution >= 0.6 is 57.3 Å². The zero-order valence-electron chi connectivity index (χ0n) is 11.1. The minimum atomic E-state index is -0.00643. The lowest BCUT2D eigenvalue weighted by Crippen LogP contribution is -1.93. The van der Waals surface area contributed by atoms with Crippen LogP contribution in [0.15, 0.2) is 58.3 Å². The van der Waals surface area contributed by atoms with Gasteiger partial charge in [0.15, 0.2) is 10.1 Å². The molecule has 2 aromatic carbocycles. The van der Waals surface area contributed by atoms with Gasteiger partial charge in [0.2, 0.25) is 0 Å². The van der Waals surface area contributed by atoms with Crippen molar-refractivity contribution in [1.29, 1.82) is 0 Å². The van der Waals surface area contributed by atoms with Crippen molar-refractivity contribution >= 4 is 73.3 Å². The van der Waals surface area contributed by atoms with Gasteiger partial charge in [0.05, 0.1) is 10.2 Å². The first-order valence-corrected chi connectivity index (χ1v) is 9.46. The molecule has 3 aromatic rings. The maximum Gasteiger partial charge on any atom is 0.186 e. The number of fused-ring (bicyclic) bond motifs is 1. The Hall–Kier alpha value is -0.890. The predicted molar refractivity (Wildman–Crippen MR) is 103 cm³/mol. The molecule has 0 atom stereocenters. The molecule has 0 fully saturated rings. The Labute approximate surface area is 154 Å². The van der Waals surface area contributed by atoms with Gasteiger partial charge in [0.1, 0.15) is 0 Å². The standard InChI is InChI=1S/C16H9ClINOS2/c17-11-3-6-15-13(9-11)19-16(22-15)21-8-7-14(20)10-1-4-12(18)5-2-10/h1-9H. The number of nitrogens with zero attached hydrogens (tertiary/aromatic N) is 1. The molecule has 0 aliphatic heterocycles. The molecule has 0 N–H and O–H groups in total. The van der Waals surface area contributed by atoms with Gasteiger partial charge in [0, 0.05) is 14.2 Å². The molecule has 0 saturated heterocycles. The summed E-state index contributed by atoms with van der Waals surface area (Å²) in [4.78, 5) is 16.5. The highest BCUT2D eigenvalue weighted by molar-refractivity contribution is 14.1. The summed E-state index contributed by atoms with van der Waals surface area (Å²) in [5.41, 5.74) is 1.57. The van der Waals surface area contributed by atoms with Crippen molar-refractivity contribution in [3.8, 4) is 0 Å². The van der Waals surface area contributed by atoms with Crippen LogP contribution < -0.4 is 0 Å². The summed E-state index contributed by atoms with van der Waals surface area (Å²) in [6.45, 7) is 0. The lowest BCUT2D eigenvalue weighted by Gasteiger charge is -1.95. The van der Waals surface area contributed by atoms with E-state index in [9.17, 15) is 4.79 Å².